The summed E-state index contributed by atoms with van der Waals surface area (Å²) in [7, 11) is 0. The number of anilines is 1. The molecule has 4 rings (SSSR count). The molecule has 0 saturated carbocycles. The zero-order valence-corrected chi connectivity index (χ0v) is 21.3. The van der Waals surface area contributed by atoms with Gasteiger partial charge in [-0.25, -0.2) is 14.2 Å². The first kappa shape index (κ1) is 23.9. The maximum atomic E-state index is 12.3. The number of nitrogens with zero attached hydrogens (tertiary/aromatic N) is 5. The highest BCUT2D eigenvalue weighted by molar-refractivity contribution is 7.99. The van der Waals surface area contributed by atoms with E-state index < -0.39 is 5.60 Å². The van der Waals surface area contributed by atoms with E-state index >= 15 is 0 Å². The molecule has 0 atom stereocenters. The van der Waals surface area contributed by atoms with Crippen molar-refractivity contribution in [3.8, 4) is 0 Å². The second-order valence-corrected chi connectivity index (χ2v) is 11.1. The molecule has 1 saturated heterocycles. The van der Waals surface area contributed by atoms with Gasteiger partial charge in [0.1, 0.15) is 11.9 Å². The molecular weight excluding hydrogens is 483 g/mol. The van der Waals surface area contributed by atoms with E-state index in [1.165, 1.54) is 11.8 Å². The van der Waals surface area contributed by atoms with Crippen LogP contribution in [0.2, 0.25) is 10.0 Å². The molecule has 11 heteroatoms. The van der Waals surface area contributed by atoms with Gasteiger partial charge in [0.2, 0.25) is 5.95 Å². The quantitative estimate of drug-likeness (QED) is 0.500. The topological polar surface area (TPSA) is 84.6 Å². The largest absolute Gasteiger partial charge is 0.444 e. The minimum absolute atomic E-state index is 0.343. The summed E-state index contributed by atoms with van der Waals surface area (Å²) >= 11 is 14.0. The van der Waals surface area contributed by atoms with Crippen molar-refractivity contribution in [3.05, 3.63) is 40.8 Å². The Morgan fingerprint density at radius 1 is 1.21 bits per heavy atom. The Kier molecular flexibility index (Phi) is 6.66. The fourth-order valence-electron chi connectivity index (χ4n) is 3.65. The number of carbonyl (C=O) groups excluding carboxylic acids is 1. The third-order valence-corrected chi connectivity index (χ3v) is 7.37. The lowest BCUT2D eigenvalue weighted by atomic mass is 9.90. The Labute approximate surface area is 207 Å². The summed E-state index contributed by atoms with van der Waals surface area (Å²) < 4.78 is 7.31. The van der Waals surface area contributed by atoms with Gasteiger partial charge in [0.25, 0.3) is 0 Å². The number of carbonyl (C=O) groups is 1. The van der Waals surface area contributed by atoms with Gasteiger partial charge in [0, 0.05) is 29.7 Å². The number of nitrogens with one attached hydrogen (secondary N) is 1. The van der Waals surface area contributed by atoms with E-state index in [2.05, 4.69) is 20.4 Å². The van der Waals surface area contributed by atoms with Gasteiger partial charge in [-0.05, 0) is 52.7 Å². The molecule has 3 heterocycles. The van der Waals surface area contributed by atoms with E-state index in [0.29, 0.717) is 15.7 Å². The van der Waals surface area contributed by atoms with Crippen molar-refractivity contribution in [1.29, 1.82) is 0 Å². The smallest absolute Gasteiger partial charge is 0.408 e. The van der Waals surface area contributed by atoms with Gasteiger partial charge in [0.05, 0.1) is 14.9 Å². The number of hydrogen-bond acceptors (Lipinski definition) is 7. The number of alkyl carbamates (subject to hydrolysis) is 1. The molecular formula is C22H26Cl2N6O2S. The summed E-state index contributed by atoms with van der Waals surface area (Å²) in [6.07, 6.45) is 4.57. The van der Waals surface area contributed by atoms with Crippen LogP contribution in [0.25, 0.3) is 5.65 Å². The van der Waals surface area contributed by atoms with Crippen molar-refractivity contribution >= 4 is 52.7 Å². The average Bonchev–Trinajstić information content (AvgIpc) is 3.21. The zero-order chi connectivity index (χ0) is 23.8. The molecule has 33 heavy (non-hydrogen) atoms. The highest BCUT2D eigenvalue weighted by Crippen LogP contribution is 2.38. The second kappa shape index (κ2) is 9.19. The van der Waals surface area contributed by atoms with Crippen LogP contribution in [0.15, 0.2) is 40.5 Å². The number of hydrogen-bond donors (Lipinski definition) is 1. The summed E-state index contributed by atoms with van der Waals surface area (Å²) in [5, 5.41) is 12.4. The van der Waals surface area contributed by atoms with Crippen molar-refractivity contribution < 1.29 is 9.53 Å². The van der Waals surface area contributed by atoms with Crippen LogP contribution in [0.1, 0.15) is 40.5 Å². The number of amides is 1. The van der Waals surface area contributed by atoms with E-state index in [1.807, 2.05) is 44.2 Å². The van der Waals surface area contributed by atoms with E-state index in [0.717, 1.165) is 41.7 Å². The summed E-state index contributed by atoms with van der Waals surface area (Å²) in [4.78, 5) is 20.8. The number of benzene rings is 1. The molecule has 1 aliphatic rings. The molecule has 0 unspecified atom stereocenters. The Morgan fingerprint density at radius 3 is 2.64 bits per heavy atom. The van der Waals surface area contributed by atoms with Gasteiger partial charge in [-0.1, -0.05) is 41.0 Å². The van der Waals surface area contributed by atoms with Gasteiger partial charge in [-0.3, -0.25) is 0 Å². The van der Waals surface area contributed by atoms with E-state index in [-0.39, 0.29) is 11.6 Å². The first-order valence-electron chi connectivity index (χ1n) is 10.6. The van der Waals surface area contributed by atoms with Crippen LogP contribution < -0.4 is 10.2 Å². The molecule has 8 nitrogen and oxygen atoms in total. The monoisotopic (exact) mass is 508 g/mol. The molecule has 2 aromatic heterocycles. The Bertz CT molecular complexity index is 1170. The summed E-state index contributed by atoms with van der Waals surface area (Å²) in [6, 6.07) is 5.52. The third kappa shape index (κ3) is 5.47. The first-order valence-corrected chi connectivity index (χ1v) is 12.2. The van der Waals surface area contributed by atoms with Gasteiger partial charge in [-0.2, -0.15) is 0 Å². The molecule has 1 aliphatic heterocycles. The summed E-state index contributed by atoms with van der Waals surface area (Å²) in [5.41, 5.74) is -0.175. The molecule has 1 N–H and O–H groups in total. The Hall–Kier alpha value is -2.23. The lowest BCUT2D eigenvalue weighted by Gasteiger charge is -2.40. The number of halogens is 2. The predicted molar refractivity (Wildman–Crippen MR) is 131 cm³/mol. The zero-order valence-electron chi connectivity index (χ0n) is 18.9. The van der Waals surface area contributed by atoms with E-state index in [9.17, 15) is 4.79 Å². The van der Waals surface area contributed by atoms with E-state index in [4.69, 9.17) is 32.9 Å². The highest BCUT2D eigenvalue weighted by Gasteiger charge is 2.34. The SMILES string of the molecule is CC1(NC(=O)OC(C)(C)C)CCN(c2ncc(Sc3cccc(Cl)c3Cl)c3nncn23)CC1. The number of ether oxygens (including phenoxy) is 1. The van der Waals surface area contributed by atoms with Crippen molar-refractivity contribution in [2.75, 3.05) is 18.0 Å². The number of rotatable bonds is 4. The molecule has 0 bridgehead atoms. The standard InChI is InChI=1S/C22H26Cl2N6O2S/c1-21(2,3)32-20(31)27-22(4)8-10-29(11-9-22)19-25-12-16(18-28-26-13-30(18)19)33-15-7-5-6-14(23)17(15)24/h5-7,12-13H,8-11H2,1-4H3,(H,27,31). The molecule has 0 radical (unpaired) electrons. The van der Waals surface area contributed by atoms with Gasteiger partial charge in [-0.15, -0.1) is 10.2 Å². The third-order valence-electron chi connectivity index (χ3n) is 5.37. The highest BCUT2D eigenvalue weighted by atomic mass is 35.5. The molecule has 3 aromatic rings. The van der Waals surface area contributed by atoms with Crippen LogP contribution in [0.3, 0.4) is 0 Å². The molecule has 0 aliphatic carbocycles. The van der Waals surface area contributed by atoms with Gasteiger partial charge >= 0.3 is 6.09 Å². The van der Waals surface area contributed by atoms with Crippen molar-refractivity contribution in [3.63, 3.8) is 0 Å². The number of piperidine rings is 1. The summed E-state index contributed by atoms with van der Waals surface area (Å²) in [5.74, 6) is 0.760. The second-order valence-electron chi connectivity index (χ2n) is 9.28. The lowest BCUT2D eigenvalue weighted by Crippen LogP contribution is -2.54. The van der Waals surface area contributed by atoms with E-state index in [1.54, 1.807) is 18.6 Å². The average molecular weight is 509 g/mol. The fourth-order valence-corrected chi connectivity index (χ4v) is 5.04. The van der Waals surface area contributed by atoms with Crippen LogP contribution in [0, 0.1) is 0 Å². The number of aromatic nitrogens is 4. The maximum absolute atomic E-state index is 12.3. The van der Waals surface area contributed by atoms with Crippen molar-refractivity contribution in [1.82, 2.24) is 24.9 Å². The van der Waals surface area contributed by atoms with Crippen LogP contribution in [-0.2, 0) is 4.74 Å². The maximum Gasteiger partial charge on any atom is 0.408 e. The normalized spacial score (nSPS) is 16.1. The van der Waals surface area contributed by atoms with Crippen LogP contribution in [-0.4, -0.2) is 49.9 Å². The summed E-state index contributed by atoms with van der Waals surface area (Å²) in [6.45, 7) is 9.06. The fraction of sp³-hybridized carbons (Fsp3) is 0.455. The van der Waals surface area contributed by atoms with Crippen LogP contribution >= 0.6 is 35.0 Å². The lowest BCUT2D eigenvalue weighted by molar-refractivity contribution is 0.0448. The van der Waals surface area contributed by atoms with Crippen molar-refractivity contribution in [2.45, 2.75) is 61.5 Å². The van der Waals surface area contributed by atoms with Crippen LogP contribution in [0.5, 0.6) is 0 Å². The van der Waals surface area contributed by atoms with Gasteiger partial charge < -0.3 is 15.0 Å². The molecule has 1 fully saturated rings. The molecule has 176 valence electrons. The molecule has 1 aromatic carbocycles. The van der Waals surface area contributed by atoms with Crippen molar-refractivity contribution in [2.24, 2.45) is 0 Å². The minimum atomic E-state index is -0.528. The van der Waals surface area contributed by atoms with Gasteiger partial charge in [0.15, 0.2) is 5.65 Å². The van der Waals surface area contributed by atoms with Crippen LogP contribution in [0.4, 0.5) is 10.7 Å². The number of fused-ring (bicyclic) bond motifs is 1. The Morgan fingerprint density at radius 2 is 1.94 bits per heavy atom. The molecule has 0 spiro atoms. The predicted octanol–water partition coefficient (Wildman–Crippen LogP) is 5.47. The first-order chi connectivity index (χ1) is 15.5. The molecule has 1 amide bonds. The Balaban J connectivity index is 1.49. The minimum Gasteiger partial charge on any atom is -0.444 e.